The van der Waals surface area contributed by atoms with Crippen LogP contribution in [0.3, 0.4) is 0 Å². The Kier molecular flexibility index (Phi) is 4.32. The van der Waals surface area contributed by atoms with Crippen molar-refractivity contribution in [2.75, 3.05) is 5.32 Å². The molecule has 0 radical (unpaired) electrons. The van der Waals surface area contributed by atoms with Crippen LogP contribution in [-0.2, 0) is 14.1 Å². The van der Waals surface area contributed by atoms with Crippen LogP contribution in [-0.4, -0.2) is 24.9 Å². The van der Waals surface area contributed by atoms with E-state index in [0.29, 0.717) is 5.56 Å². The standard InChI is InChI=1S/C17H15N5O5/c1-9-4-5-10(22(26)27)8-13(9)19-15(23)12-7-6-11-14(18-12)20(2)17(25)21(3)16(11)24/h4-8H,1-3H3,(H,19,23). The summed E-state index contributed by atoms with van der Waals surface area (Å²) in [5.41, 5.74) is -0.282. The van der Waals surface area contributed by atoms with Gasteiger partial charge in [-0.05, 0) is 24.6 Å². The number of anilines is 1. The zero-order chi connectivity index (χ0) is 19.9. The summed E-state index contributed by atoms with van der Waals surface area (Å²) >= 11 is 0. The number of nitrogens with one attached hydrogen (secondary N) is 1. The number of carbonyl (C=O) groups excluding carboxylic acids is 1. The van der Waals surface area contributed by atoms with Crippen molar-refractivity contribution in [1.29, 1.82) is 0 Å². The third-order valence-electron chi connectivity index (χ3n) is 4.21. The van der Waals surface area contributed by atoms with Gasteiger partial charge in [-0.3, -0.25) is 28.8 Å². The first-order valence-electron chi connectivity index (χ1n) is 7.84. The lowest BCUT2D eigenvalue weighted by Crippen LogP contribution is -2.37. The highest BCUT2D eigenvalue weighted by Gasteiger charge is 2.16. The van der Waals surface area contributed by atoms with Crippen LogP contribution < -0.4 is 16.6 Å². The van der Waals surface area contributed by atoms with E-state index in [2.05, 4.69) is 10.3 Å². The second kappa shape index (κ2) is 6.48. The predicted octanol–water partition coefficient (Wildman–Crippen LogP) is 1.10. The number of hydrogen-bond acceptors (Lipinski definition) is 6. The molecule has 0 unspecified atom stereocenters. The molecule has 0 atom stereocenters. The van der Waals surface area contributed by atoms with Crippen molar-refractivity contribution in [2.24, 2.45) is 14.1 Å². The third kappa shape index (κ3) is 3.08. The SMILES string of the molecule is Cc1ccc([N+](=O)[O-])cc1NC(=O)c1ccc2c(=O)n(C)c(=O)n(C)c2n1. The average Bonchev–Trinajstić information content (AvgIpc) is 2.65. The van der Waals surface area contributed by atoms with Crippen molar-refractivity contribution < 1.29 is 9.72 Å². The Morgan fingerprint density at radius 2 is 1.85 bits per heavy atom. The van der Waals surface area contributed by atoms with Crippen molar-refractivity contribution >= 4 is 28.3 Å². The van der Waals surface area contributed by atoms with Crippen LogP contribution in [0.1, 0.15) is 16.1 Å². The molecule has 10 nitrogen and oxygen atoms in total. The van der Waals surface area contributed by atoms with Crippen LogP contribution in [0, 0.1) is 17.0 Å². The Hall–Kier alpha value is -3.82. The van der Waals surface area contributed by atoms with Gasteiger partial charge in [-0.15, -0.1) is 0 Å². The van der Waals surface area contributed by atoms with Crippen molar-refractivity contribution in [1.82, 2.24) is 14.1 Å². The van der Waals surface area contributed by atoms with Gasteiger partial charge in [0.05, 0.1) is 16.0 Å². The molecule has 10 heteroatoms. The minimum Gasteiger partial charge on any atom is -0.320 e. The van der Waals surface area contributed by atoms with Crippen LogP contribution in [0.4, 0.5) is 11.4 Å². The van der Waals surface area contributed by atoms with Gasteiger partial charge in [-0.2, -0.15) is 0 Å². The summed E-state index contributed by atoms with van der Waals surface area (Å²) in [6.45, 7) is 1.70. The number of carbonyl (C=O) groups is 1. The van der Waals surface area contributed by atoms with E-state index in [1.165, 1.54) is 49.0 Å². The van der Waals surface area contributed by atoms with Crippen LogP contribution in [0.2, 0.25) is 0 Å². The molecule has 27 heavy (non-hydrogen) atoms. The molecule has 0 bridgehead atoms. The topological polar surface area (TPSA) is 129 Å². The molecule has 0 saturated carbocycles. The maximum Gasteiger partial charge on any atom is 0.332 e. The highest BCUT2D eigenvalue weighted by Crippen LogP contribution is 2.22. The summed E-state index contributed by atoms with van der Waals surface area (Å²) in [4.78, 5) is 51.2. The predicted molar refractivity (Wildman–Crippen MR) is 98.0 cm³/mol. The van der Waals surface area contributed by atoms with Crippen molar-refractivity contribution in [3.05, 3.63) is 72.5 Å². The molecule has 0 aliphatic carbocycles. The first kappa shape index (κ1) is 18.0. The van der Waals surface area contributed by atoms with E-state index in [0.717, 1.165) is 4.57 Å². The van der Waals surface area contributed by atoms with Crippen molar-refractivity contribution in [2.45, 2.75) is 6.92 Å². The quantitative estimate of drug-likeness (QED) is 0.544. The lowest BCUT2D eigenvalue weighted by Gasteiger charge is -2.10. The molecule has 1 N–H and O–H groups in total. The molecule has 0 saturated heterocycles. The fourth-order valence-electron chi connectivity index (χ4n) is 2.63. The van der Waals surface area contributed by atoms with Gasteiger partial charge < -0.3 is 5.32 Å². The van der Waals surface area contributed by atoms with Gasteiger partial charge in [0.15, 0.2) is 0 Å². The second-order valence-corrected chi connectivity index (χ2v) is 5.98. The number of pyridine rings is 1. The number of hydrogen-bond donors (Lipinski definition) is 1. The fraction of sp³-hybridized carbons (Fsp3) is 0.176. The summed E-state index contributed by atoms with van der Waals surface area (Å²) in [5, 5.41) is 13.7. The van der Waals surface area contributed by atoms with E-state index in [4.69, 9.17) is 0 Å². The van der Waals surface area contributed by atoms with Crippen LogP contribution >= 0.6 is 0 Å². The molecule has 2 heterocycles. The molecule has 3 aromatic rings. The first-order chi connectivity index (χ1) is 12.7. The number of amides is 1. The lowest BCUT2D eigenvalue weighted by atomic mass is 10.1. The molecule has 138 valence electrons. The van der Waals surface area contributed by atoms with Crippen LogP contribution in [0.15, 0.2) is 39.9 Å². The molecule has 2 aromatic heterocycles. The Bertz CT molecular complexity index is 1220. The molecular formula is C17H15N5O5. The molecule has 0 aliphatic rings. The highest BCUT2D eigenvalue weighted by molar-refractivity contribution is 6.04. The number of nitro groups is 1. The number of aromatic nitrogens is 3. The third-order valence-corrected chi connectivity index (χ3v) is 4.21. The van der Waals surface area contributed by atoms with Crippen LogP contribution in [0.25, 0.3) is 11.0 Å². The zero-order valence-electron chi connectivity index (χ0n) is 14.7. The molecule has 0 spiro atoms. The fourth-order valence-corrected chi connectivity index (χ4v) is 2.63. The summed E-state index contributed by atoms with van der Waals surface area (Å²) < 4.78 is 2.13. The Morgan fingerprint density at radius 1 is 1.15 bits per heavy atom. The molecule has 3 rings (SSSR count). The molecule has 1 amide bonds. The van der Waals surface area contributed by atoms with Gasteiger partial charge >= 0.3 is 5.69 Å². The summed E-state index contributed by atoms with van der Waals surface area (Å²) in [6.07, 6.45) is 0. The van der Waals surface area contributed by atoms with Gasteiger partial charge in [0, 0.05) is 26.2 Å². The van der Waals surface area contributed by atoms with Gasteiger partial charge in [0.2, 0.25) is 0 Å². The van der Waals surface area contributed by atoms with Gasteiger partial charge in [0.25, 0.3) is 17.2 Å². The van der Waals surface area contributed by atoms with E-state index in [1.54, 1.807) is 6.92 Å². The minimum absolute atomic E-state index is 0.0309. The van der Waals surface area contributed by atoms with Crippen molar-refractivity contribution in [3.63, 3.8) is 0 Å². The number of aryl methyl sites for hydroxylation is 2. The normalized spacial score (nSPS) is 10.8. The van der Waals surface area contributed by atoms with E-state index < -0.39 is 22.1 Å². The lowest BCUT2D eigenvalue weighted by molar-refractivity contribution is -0.384. The smallest absolute Gasteiger partial charge is 0.320 e. The summed E-state index contributed by atoms with van der Waals surface area (Å²) in [7, 11) is 2.80. The summed E-state index contributed by atoms with van der Waals surface area (Å²) in [6, 6.07) is 6.88. The molecule has 1 aromatic carbocycles. The zero-order valence-corrected chi connectivity index (χ0v) is 14.7. The van der Waals surface area contributed by atoms with E-state index in [-0.39, 0.29) is 28.1 Å². The Balaban J connectivity index is 2.05. The number of nitro benzene ring substituents is 1. The van der Waals surface area contributed by atoms with E-state index in [1.807, 2.05) is 0 Å². The number of rotatable bonds is 3. The first-order valence-corrected chi connectivity index (χ1v) is 7.84. The summed E-state index contributed by atoms with van der Waals surface area (Å²) in [5.74, 6) is -0.617. The van der Waals surface area contributed by atoms with E-state index >= 15 is 0 Å². The molecular weight excluding hydrogens is 354 g/mol. The largest absolute Gasteiger partial charge is 0.332 e. The minimum atomic E-state index is -0.617. The Labute approximate surface area is 151 Å². The second-order valence-electron chi connectivity index (χ2n) is 5.98. The monoisotopic (exact) mass is 369 g/mol. The van der Waals surface area contributed by atoms with Gasteiger partial charge in [0.1, 0.15) is 11.3 Å². The Morgan fingerprint density at radius 3 is 2.52 bits per heavy atom. The molecule has 0 fully saturated rings. The average molecular weight is 369 g/mol. The van der Waals surface area contributed by atoms with E-state index in [9.17, 15) is 24.5 Å². The maximum atomic E-state index is 12.5. The number of non-ortho nitro benzene ring substituents is 1. The highest BCUT2D eigenvalue weighted by atomic mass is 16.6. The molecule has 0 aliphatic heterocycles. The van der Waals surface area contributed by atoms with Crippen molar-refractivity contribution in [3.8, 4) is 0 Å². The number of nitrogens with zero attached hydrogens (tertiary/aromatic N) is 4. The van der Waals surface area contributed by atoms with Gasteiger partial charge in [-0.1, -0.05) is 6.07 Å². The number of fused-ring (bicyclic) bond motifs is 1. The number of benzene rings is 1. The maximum absolute atomic E-state index is 12.5. The van der Waals surface area contributed by atoms with Crippen LogP contribution in [0.5, 0.6) is 0 Å². The van der Waals surface area contributed by atoms with Gasteiger partial charge in [-0.25, -0.2) is 9.78 Å².